The number of pyridine rings is 1. The van der Waals surface area contributed by atoms with Crippen molar-refractivity contribution < 1.29 is 19.0 Å². The second kappa shape index (κ2) is 10.0. The predicted molar refractivity (Wildman–Crippen MR) is 131 cm³/mol. The highest BCUT2D eigenvalue weighted by Crippen LogP contribution is 2.29. The predicted octanol–water partition coefficient (Wildman–Crippen LogP) is 1.79. The number of aliphatic hydroxyl groups excluding tert-OH is 1. The number of rotatable bonds is 6. The maximum absolute atomic E-state index is 14.3. The molecule has 0 aliphatic carbocycles. The number of carbonyl (C=O) groups is 1. The fraction of sp³-hybridized carbons (Fsp3) is 0.360. The van der Waals surface area contributed by atoms with Gasteiger partial charge in [-0.25, -0.2) is 14.2 Å². The summed E-state index contributed by atoms with van der Waals surface area (Å²) < 4.78 is 21.8. The van der Waals surface area contributed by atoms with E-state index < -0.39 is 5.82 Å². The highest BCUT2D eigenvalue weighted by atomic mass is 19.1. The Morgan fingerprint density at radius 1 is 1.14 bits per heavy atom. The van der Waals surface area contributed by atoms with Crippen molar-refractivity contribution in [1.29, 1.82) is 0 Å². The highest BCUT2D eigenvalue weighted by Gasteiger charge is 2.30. The van der Waals surface area contributed by atoms with Crippen molar-refractivity contribution in [3.63, 3.8) is 0 Å². The van der Waals surface area contributed by atoms with Gasteiger partial charge in [0.05, 0.1) is 31.6 Å². The Kier molecular flexibility index (Phi) is 6.66. The number of aromatic nitrogens is 3. The van der Waals surface area contributed by atoms with Gasteiger partial charge in [-0.15, -0.1) is 0 Å². The third-order valence-corrected chi connectivity index (χ3v) is 6.55. The van der Waals surface area contributed by atoms with Crippen LogP contribution in [0.3, 0.4) is 0 Å². The molecule has 2 aromatic heterocycles. The summed E-state index contributed by atoms with van der Waals surface area (Å²) >= 11 is 0. The fourth-order valence-electron chi connectivity index (χ4n) is 4.58. The standard InChI is InChI=1S/C25H27FN6O4/c1-29-23(34)14-21(19-6-7-27-15-20(19)26)28-24(29)31-11-13-36-22(16-31)17-2-4-18(5-3-17)32-9-8-30(10-12-33)25(32)35/h2-7,14-15,22,33H,8-13,16H2,1H3/t22-/m1/s1. The number of hydrogen-bond donors (Lipinski definition) is 1. The first-order chi connectivity index (χ1) is 17.5. The molecule has 11 heteroatoms. The molecule has 2 fully saturated rings. The summed E-state index contributed by atoms with van der Waals surface area (Å²) in [6.07, 6.45) is 2.29. The van der Waals surface area contributed by atoms with E-state index >= 15 is 0 Å². The molecule has 1 aromatic carbocycles. The van der Waals surface area contributed by atoms with Crippen LogP contribution in [0, 0.1) is 5.82 Å². The first kappa shape index (κ1) is 23.9. The van der Waals surface area contributed by atoms with Crippen LogP contribution < -0.4 is 15.4 Å². The van der Waals surface area contributed by atoms with Crippen LogP contribution in [0.5, 0.6) is 0 Å². The SMILES string of the molecule is Cn1c(N2CCO[C@@H](c3ccc(N4CCN(CCO)C4=O)cc3)C2)nc(-c2ccncc2F)cc1=O. The molecule has 1 N–H and O–H groups in total. The van der Waals surface area contributed by atoms with E-state index in [1.165, 1.54) is 22.9 Å². The molecular formula is C25H27FN6O4. The molecule has 2 amide bonds. The Morgan fingerprint density at radius 2 is 1.94 bits per heavy atom. The van der Waals surface area contributed by atoms with Crippen LogP contribution in [-0.2, 0) is 11.8 Å². The summed E-state index contributed by atoms with van der Waals surface area (Å²) in [5.41, 5.74) is 1.91. The number of benzene rings is 1. The molecule has 0 bridgehead atoms. The van der Waals surface area contributed by atoms with E-state index in [0.29, 0.717) is 45.3 Å². The molecule has 4 heterocycles. The number of aliphatic hydroxyl groups is 1. The highest BCUT2D eigenvalue weighted by molar-refractivity contribution is 5.94. The molecule has 0 unspecified atom stereocenters. The monoisotopic (exact) mass is 494 g/mol. The summed E-state index contributed by atoms with van der Waals surface area (Å²) in [6.45, 7) is 2.82. The van der Waals surface area contributed by atoms with Gasteiger partial charge < -0.3 is 19.6 Å². The molecule has 0 saturated carbocycles. The van der Waals surface area contributed by atoms with Gasteiger partial charge in [-0.2, -0.15) is 0 Å². The van der Waals surface area contributed by atoms with Crippen molar-refractivity contribution in [2.45, 2.75) is 6.10 Å². The van der Waals surface area contributed by atoms with Gasteiger partial charge in [-0.1, -0.05) is 12.1 Å². The molecule has 5 rings (SSSR count). The van der Waals surface area contributed by atoms with Crippen LogP contribution in [0.25, 0.3) is 11.3 Å². The van der Waals surface area contributed by atoms with Gasteiger partial charge in [-0.05, 0) is 23.8 Å². The van der Waals surface area contributed by atoms with Crippen molar-refractivity contribution in [3.05, 3.63) is 70.5 Å². The number of urea groups is 1. The summed E-state index contributed by atoms with van der Waals surface area (Å²) in [5, 5.41) is 9.13. The van der Waals surface area contributed by atoms with E-state index in [1.54, 1.807) is 16.8 Å². The molecule has 0 radical (unpaired) electrons. The van der Waals surface area contributed by atoms with Gasteiger partial charge in [0.1, 0.15) is 6.10 Å². The molecule has 188 valence electrons. The quantitative estimate of drug-likeness (QED) is 0.557. The van der Waals surface area contributed by atoms with Crippen LogP contribution in [0.4, 0.5) is 20.8 Å². The van der Waals surface area contributed by atoms with Gasteiger partial charge in [-0.3, -0.25) is 19.2 Å². The maximum atomic E-state index is 14.3. The Bertz CT molecular complexity index is 1310. The minimum absolute atomic E-state index is 0.0606. The zero-order chi connectivity index (χ0) is 25.2. The lowest BCUT2D eigenvalue weighted by Crippen LogP contribution is -2.41. The van der Waals surface area contributed by atoms with Crippen molar-refractivity contribution in [1.82, 2.24) is 19.4 Å². The van der Waals surface area contributed by atoms with E-state index in [0.717, 1.165) is 17.4 Å². The minimum atomic E-state index is -0.542. The molecule has 2 aliphatic rings. The fourth-order valence-corrected chi connectivity index (χ4v) is 4.58. The molecule has 2 saturated heterocycles. The zero-order valence-corrected chi connectivity index (χ0v) is 19.9. The Labute approximate surface area is 207 Å². The second-order valence-corrected chi connectivity index (χ2v) is 8.74. The number of amides is 2. The molecule has 36 heavy (non-hydrogen) atoms. The summed E-state index contributed by atoms with van der Waals surface area (Å²) in [4.78, 5) is 38.9. The zero-order valence-electron chi connectivity index (χ0n) is 19.9. The van der Waals surface area contributed by atoms with Crippen molar-refractivity contribution in [2.75, 3.05) is 55.7 Å². The number of halogens is 1. The third kappa shape index (κ3) is 4.54. The molecule has 0 spiro atoms. The van der Waals surface area contributed by atoms with Crippen LogP contribution in [0.15, 0.2) is 53.6 Å². The molecule has 3 aromatic rings. The summed E-state index contributed by atoms with van der Waals surface area (Å²) in [5.74, 6) is -0.106. The summed E-state index contributed by atoms with van der Waals surface area (Å²) in [6, 6.07) is 10.3. The van der Waals surface area contributed by atoms with E-state index in [2.05, 4.69) is 9.97 Å². The maximum Gasteiger partial charge on any atom is 0.324 e. The van der Waals surface area contributed by atoms with Gasteiger partial charge >= 0.3 is 6.03 Å². The van der Waals surface area contributed by atoms with Gasteiger partial charge in [0.25, 0.3) is 5.56 Å². The van der Waals surface area contributed by atoms with Crippen molar-refractivity contribution >= 4 is 17.7 Å². The minimum Gasteiger partial charge on any atom is -0.395 e. The second-order valence-electron chi connectivity index (χ2n) is 8.74. The number of ether oxygens (including phenoxy) is 1. The number of morpholine rings is 1. The number of β-amino-alcohol motifs (C(OH)–C–C–N with tert-alkyl or cyclic N) is 1. The van der Waals surface area contributed by atoms with E-state index in [-0.39, 0.29) is 35.6 Å². The van der Waals surface area contributed by atoms with Crippen LogP contribution in [0.1, 0.15) is 11.7 Å². The average Bonchev–Trinajstić information content (AvgIpc) is 3.26. The smallest absolute Gasteiger partial charge is 0.324 e. The van der Waals surface area contributed by atoms with E-state index in [1.807, 2.05) is 29.2 Å². The third-order valence-electron chi connectivity index (χ3n) is 6.55. The van der Waals surface area contributed by atoms with Crippen molar-refractivity contribution in [3.8, 4) is 11.3 Å². The van der Waals surface area contributed by atoms with E-state index in [9.17, 15) is 14.0 Å². The Balaban J connectivity index is 1.35. The first-order valence-electron chi connectivity index (χ1n) is 11.8. The Hall–Kier alpha value is -3.83. The van der Waals surface area contributed by atoms with Crippen molar-refractivity contribution in [2.24, 2.45) is 7.05 Å². The number of nitrogens with zero attached hydrogens (tertiary/aromatic N) is 6. The molecule has 2 aliphatic heterocycles. The average molecular weight is 495 g/mol. The molecular weight excluding hydrogens is 467 g/mol. The number of hydrogen-bond acceptors (Lipinski definition) is 7. The van der Waals surface area contributed by atoms with Gasteiger partial charge in [0.2, 0.25) is 5.95 Å². The molecule has 10 nitrogen and oxygen atoms in total. The lowest BCUT2D eigenvalue weighted by atomic mass is 10.1. The largest absolute Gasteiger partial charge is 0.395 e. The van der Waals surface area contributed by atoms with Gasteiger partial charge in [0, 0.05) is 56.7 Å². The molecule has 1 atom stereocenters. The van der Waals surface area contributed by atoms with Crippen LogP contribution in [-0.4, -0.2) is 76.5 Å². The normalized spacial score (nSPS) is 18.2. The Morgan fingerprint density at radius 3 is 2.69 bits per heavy atom. The number of anilines is 2. The number of carbonyl (C=O) groups excluding carboxylic acids is 1. The summed E-state index contributed by atoms with van der Waals surface area (Å²) in [7, 11) is 1.64. The van der Waals surface area contributed by atoms with Gasteiger partial charge in [0.15, 0.2) is 5.82 Å². The van der Waals surface area contributed by atoms with Crippen LogP contribution >= 0.6 is 0 Å². The van der Waals surface area contributed by atoms with Crippen LogP contribution in [0.2, 0.25) is 0 Å². The lowest BCUT2D eigenvalue weighted by molar-refractivity contribution is 0.0390. The topological polar surface area (TPSA) is 104 Å². The van der Waals surface area contributed by atoms with E-state index in [4.69, 9.17) is 9.84 Å². The first-order valence-corrected chi connectivity index (χ1v) is 11.8. The lowest BCUT2D eigenvalue weighted by Gasteiger charge is -2.34.